The number of halogens is 3. The maximum Gasteiger partial charge on any atom is 0.438 e. The fourth-order valence-electron chi connectivity index (χ4n) is 0.756. The van der Waals surface area contributed by atoms with E-state index in [1.165, 1.54) is 18.3 Å². The smallest absolute Gasteiger partial charge is 0.412 e. The molecule has 0 radical (unpaired) electrons. The minimum atomic E-state index is -4.69. The van der Waals surface area contributed by atoms with E-state index in [4.69, 9.17) is 5.21 Å². The minimum absolute atomic E-state index is 0. The van der Waals surface area contributed by atoms with Crippen LogP contribution in [0.25, 0.3) is 0 Å². The van der Waals surface area contributed by atoms with Gasteiger partial charge in [-0.2, -0.15) is 13.2 Å². The third kappa shape index (κ3) is 2.70. The van der Waals surface area contributed by atoms with E-state index in [0.717, 1.165) is 6.07 Å². The molecule has 0 spiro atoms. The number of alkyl halides is 3. The van der Waals surface area contributed by atoms with Crippen molar-refractivity contribution in [3.05, 3.63) is 30.1 Å². The summed E-state index contributed by atoms with van der Waals surface area (Å²) in [5, 5.41) is 10.3. The molecule has 0 saturated heterocycles. The number of rotatable bonds is 1. The number of oxime groups is 1. The Balaban J connectivity index is 0.00000169. The molecular weight excluding hydrogens is 201 g/mol. The lowest BCUT2D eigenvalue weighted by atomic mass is 10.2. The highest BCUT2D eigenvalue weighted by Crippen LogP contribution is 2.20. The van der Waals surface area contributed by atoms with Gasteiger partial charge in [0.1, 0.15) is 0 Å². The van der Waals surface area contributed by atoms with Crippen LogP contribution < -0.4 is 0 Å². The first-order valence-electron chi connectivity index (χ1n) is 3.26. The molecule has 0 atom stereocenters. The van der Waals surface area contributed by atoms with Crippen molar-refractivity contribution in [3.8, 4) is 0 Å². The summed E-state index contributed by atoms with van der Waals surface area (Å²) in [5.41, 5.74) is -1.80. The molecule has 7 heteroatoms. The Morgan fingerprint density at radius 2 is 2.00 bits per heavy atom. The van der Waals surface area contributed by atoms with Crippen LogP contribution in [-0.4, -0.2) is 27.6 Å². The first-order chi connectivity index (χ1) is 6.05. The van der Waals surface area contributed by atoms with Crippen LogP contribution in [0.3, 0.4) is 0 Å². The van der Waals surface area contributed by atoms with E-state index in [-0.39, 0.29) is 5.48 Å². The summed E-state index contributed by atoms with van der Waals surface area (Å²) in [6, 6.07) is 3.96. The van der Waals surface area contributed by atoms with Gasteiger partial charge in [-0.3, -0.25) is 4.98 Å². The summed E-state index contributed by atoms with van der Waals surface area (Å²) in [6.45, 7) is 0. The standard InChI is InChI=1S/C7H5F3N2O.H2O/c8-7(9,10)6(12-13)5-3-1-2-4-11-5;/h1-4,13H;1H2/b12-6+;. The van der Waals surface area contributed by atoms with Crippen molar-refractivity contribution in [3.63, 3.8) is 0 Å². The number of nitrogens with zero attached hydrogens (tertiary/aromatic N) is 2. The Morgan fingerprint density at radius 3 is 2.36 bits per heavy atom. The summed E-state index contributed by atoms with van der Waals surface area (Å²) in [7, 11) is 0. The molecule has 0 saturated carbocycles. The molecular formula is C7H7F3N2O2. The zero-order valence-electron chi connectivity index (χ0n) is 6.78. The summed E-state index contributed by atoms with van der Waals surface area (Å²) >= 11 is 0. The lowest BCUT2D eigenvalue weighted by Gasteiger charge is -2.06. The monoisotopic (exact) mass is 208 g/mol. The largest absolute Gasteiger partial charge is 0.438 e. The Labute approximate surface area is 77.0 Å². The Bertz CT molecular complexity index is 310. The number of pyridine rings is 1. The molecule has 0 bridgehead atoms. The van der Waals surface area contributed by atoms with Gasteiger partial charge < -0.3 is 10.7 Å². The second-order valence-electron chi connectivity index (χ2n) is 2.16. The van der Waals surface area contributed by atoms with Crippen molar-refractivity contribution >= 4 is 5.71 Å². The van der Waals surface area contributed by atoms with Gasteiger partial charge in [-0.1, -0.05) is 11.2 Å². The zero-order chi connectivity index (χ0) is 9.90. The highest BCUT2D eigenvalue weighted by atomic mass is 19.4. The van der Waals surface area contributed by atoms with E-state index in [1.54, 1.807) is 0 Å². The van der Waals surface area contributed by atoms with Crippen LogP contribution in [-0.2, 0) is 0 Å². The van der Waals surface area contributed by atoms with Crippen molar-refractivity contribution in [2.75, 3.05) is 0 Å². The molecule has 0 aromatic carbocycles. The average molecular weight is 208 g/mol. The first-order valence-corrected chi connectivity index (χ1v) is 3.26. The zero-order valence-corrected chi connectivity index (χ0v) is 6.78. The lowest BCUT2D eigenvalue weighted by molar-refractivity contribution is -0.0603. The molecule has 14 heavy (non-hydrogen) atoms. The summed E-state index contributed by atoms with van der Waals surface area (Å²) in [5.74, 6) is 0. The third-order valence-electron chi connectivity index (χ3n) is 1.28. The maximum atomic E-state index is 12.1. The SMILES string of the molecule is O.O/N=C(\c1ccccn1)C(F)(F)F. The van der Waals surface area contributed by atoms with Crippen molar-refractivity contribution in [2.24, 2.45) is 5.16 Å². The molecule has 78 valence electrons. The second kappa shape index (κ2) is 4.56. The molecule has 0 aliphatic heterocycles. The molecule has 1 aromatic heterocycles. The molecule has 0 amide bonds. The van der Waals surface area contributed by atoms with Gasteiger partial charge in [-0.05, 0) is 12.1 Å². The minimum Gasteiger partial charge on any atom is -0.412 e. The van der Waals surface area contributed by atoms with Crippen LogP contribution in [0.5, 0.6) is 0 Å². The van der Waals surface area contributed by atoms with Crippen molar-refractivity contribution < 1.29 is 23.9 Å². The number of hydrogen-bond donors (Lipinski definition) is 1. The van der Waals surface area contributed by atoms with E-state index in [1.807, 2.05) is 0 Å². The van der Waals surface area contributed by atoms with Crippen LogP contribution in [0, 0.1) is 0 Å². The van der Waals surface area contributed by atoms with E-state index in [2.05, 4.69) is 10.1 Å². The van der Waals surface area contributed by atoms with Crippen LogP contribution in [0.2, 0.25) is 0 Å². The fraction of sp³-hybridized carbons (Fsp3) is 0.143. The first kappa shape index (κ1) is 12.4. The predicted molar refractivity (Wildman–Crippen MR) is 42.2 cm³/mol. The second-order valence-corrected chi connectivity index (χ2v) is 2.16. The van der Waals surface area contributed by atoms with Crippen molar-refractivity contribution in [1.29, 1.82) is 0 Å². The normalized spacial score (nSPS) is 12.1. The van der Waals surface area contributed by atoms with E-state index >= 15 is 0 Å². The topological polar surface area (TPSA) is 77.0 Å². The van der Waals surface area contributed by atoms with Gasteiger partial charge in [-0.25, -0.2) is 0 Å². The maximum absolute atomic E-state index is 12.1. The van der Waals surface area contributed by atoms with E-state index in [9.17, 15) is 13.2 Å². The molecule has 0 aliphatic rings. The number of aromatic nitrogens is 1. The molecule has 3 N–H and O–H groups in total. The Hall–Kier alpha value is -1.63. The van der Waals surface area contributed by atoms with Crippen LogP contribution in [0.15, 0.2) is 29.6 Å². The van der Waals surface area contributed by atoms with Gasteiger partial charge in [0.25, 0.3) is 0 Å². The van der Waals surface area contributed by atoms with Gasteiger partial charge in [0.15, 0.2) is 0 Å². The Kier molecular flexibility index (Phi) is 4.03. The highest BCUT2D eigenvalue weighted by Gasteiger charge is 2.38. The summed E-state index contributed by atoms with van der Waals surface area (Å²) in [4.78, 5) is 3.41. The molecule has 1 heterocycles. The molecule has 4 nitrogen and oxygen atoms in total. The molecule has 0 fully saturated rings. The molecule has 1 rings (SSSR count). The third-order valence-corrected chi connectivity index (χ3v) is 1.28. The van der Waals surface area contributed by atoms with Gasteiger partial charge >= 0.3 is 6.18 Å². The molecule has 0 aliphatic carbocycles. The van der Waals surface area contributed by atoms with Crippen molar-refractivity contribution in [2.45, 2.75) is 6.18 Å². The van der Waals surface area contributed by atoms with Crippen LogP contribution in [0.1, 0.15) is 5.69 Å². The van der Waals surface area contributed by atoms with Crippen LogP contribution >= 0.6 is 0 Å². The average Bonchev–Trinajstić information content (AvgIpc) is 2.05. The van der Waals surface area contributed by atoms with Crippen molar-refractivity contribution in [1.82, 2.24) is 4.98 Å². The molecule has 1 aromatic rings. The highest BCUT2D eigenvalue weighted by molar-refractivity contribution is 6.02. The van der Waals surface area contributed by atoms with E-state index in [0.29, 0.717) is 0 Å². The van der Waals surface area contributed by atoms with E-state index < -0.39 is 17.6 Å². The lowest BCUT2D eigenvalue weighted by Crippen LogP contribution is -2.24. The quantitative estimate of drug-likeness (QED) is 0.424. The predicted octanol–water partition coefficient (Wildman–Crippen LogP) is 0.997. The fourth-order valence-corrected chi connectivity index (χ4v) is 0.756. The van der Waals surface area contributed by atoms with Gasteiger partial charge in [0.05, 0.1) is 5.69 Å². The van der Waals surface area contributed by atoms with Gasteiger partial charge in [-0.15, -0.1) is 0 Å². The Morgan fingerprint density at radius 1 is 1.36 bits per heavy atom. The number of hydrogen-bond acceptors (Lipinski definition) is 3. The summed E-state index contributed by atoms with van der Waals surface area (Å²) < 4.78 is 36.2. The molecule has 0 unspecified atom stereocenters. The summed E-state index contributed by atoms with van der Waals surface area (Å²) in [6.07, 6.45) is -3.50. The van der Waals surface area contributed by atoms with Gasteiger partial charge in [0, 0.05) is 6.20 Å². The van der Waals surface area contributed by atoms with Gasteiger partial charge in [0.2, 0.25) is 5.71 Å². The van der Waals surface area contributed by atoms with Crippen LogP contribution in [0.4, 0.5) is 13.2 Å².